The Morgan fingerprint density at radius 1 is 1.33 bits per heavy atom. The molecule has 0 aromatic heterocycles. The van der Waals surface area contributed by atoms with E-state index in [1.807, 2.05) is 6.92 Å². The van der Waals surface area contributed by atoms with Crippen molar-refractivity contribution in [3.63, 3.8) is 0 Å². The standard InChI is InChI=1S/C14H26O6S/c1-3-5-6-11(14(15)16)9-12-7-8-13(20-12)10-19-21(17,18)4-2/h11-13H,3-10H2,1-2H3,(H,15,16)/t11?,12-,13+/m1/s1. The summed E-state index contributed by atoms with van der Waals surface area (Å²) in [4.78, 5) is 11.2. The molecule has 1 aliphatic rings. The Morgan fingerprint density at radius 3 is 2.57 bits per heavy atom. The zero-order valence-electron chi connectivity index (χ0n) is 12.8. The summed E-state index contributed by atoms with van der Waals surface area (Å²) in [6, 6.07) is 0. The smallest absolute Gasteiger partial charge is 0.306 e. The van der Waals surface area contributed by atoms with Gasteiger partial charge in [0.05, 0.1) is 30.5 Å². The van der Waals surface area contributed by atoms with Crippen LogP contribution in [0.1, 0.15) is 52.4 Å². The zero-order chi connectivity index (χ0) is 15.9. The lowest BCUT2D eigenvalue weighted by Crippen LogP contribution is -2.24. The molecule has 3 atom stereocenters. The lowest BCUT2D eigenvalue weighted by Gasteiger charge is -2.18. The average Bonchev–Trinajstić information content (AvgIpc) is 2.89. The van der Waals surface area contributed by atoms with E-state index < -0.39 is 16.1 Å². The number of rotatable bonds is 10. The molecule has 124 valence electrons. The molecule has 0 saturated carbocycles. The highest BCUT2D eigenvalue weighted by Crippen LogP contribution is 2.27. The monoisotopic (exact) mass is 322 g/mol. The first-order valence-corrected chi connectivity index (χ1v) is 9.21. The third-order valence-electron chi connectivity index (χ3n) is 3.79. The van der Waals surface area contributed by atoms with Crippen LogP contribution in [0.2, 0.25) is 0 Å². The molecule has 0 amide bonds. The zero-order valence-corrected chi connectivity index (χ0v) is 13.6. The van der Waals surface area contributed by atoms with Crippen LogP contribution in [0.25, 0.3) is 0 Å². The quantitative estimate of drug-likeness (QED) is 0.620. The molecule has 0 aliphatic carbocycles. The van der Waals surface area contributed by atoms with Crippen LogP contribution in [-0.4, -0.2) is 44.1 Å². The lowest BCUT2D eigenvalue weighted by molar-refractivity contribution is -0.143. The van der Waals surface area contributed by atoms with E-state index in [-0.39, 0.29) is 30.5 Å². The van der Waals surface area contributed by atoms with E-state index in [1.54, 1.807) is 0 Å². The van der Waals surface area contributed by atoms with E-state index in [0.29, 0.717) is 19.3 Å². The summed E-state index contributed by atoms with van der Waals surface area (Å²) in [7, 11) is -3.45. The molecule has 1 saturated heterocycles. The molecule has 0 spiro atoms. The predicted octanol–water partition coefficient (Wildman–Crippen LogP) is 2.18. The van der Waals surface area contributed by atoms with Gasteiger partial charge in [-0.3, -0.25) is 8.98 Å². The molecule has 1 rings (SSSR count). The highest BCUT2D eigenvalue weighted by atomic mass is 32.2. The molecular formula is C14H26O6S. The first-order chi connectivity index (χ1) is 9.88. The first-order valence-electron chi connectivity index (χ1n) is 7.63. The fraction of sp³-hybridized carbons (Fsp3) is 0.929. The van der Waals surface area contributed by atoms with Crippen molar-refractivity contribution < 1.29 is 27.2 Å². The van der Waals surface area contributed by atoms with Gasteiger partial charge in [0.25, 0.3) is 10.1 Å². The van der Waals surface area contributed by atoms with E-state index in [9.17, 15) is 18.3 Å². The Kier molecular flexibility index (Phi) is 7.62. The lowest BCUT2D eigenvalue weighted by atomic mass is 9.94. The molecule has 0 aromatic rings. The second kappa shape index (κ2) is 8.70. The van der Waals surface area contributed by atoms with Gasteiger partial charge in [-0.15, -0.1) is 0 Å². The second-order valence-electron chi connectivity index (χ2n) is 5.50. The van der Waals surface area contributed by atoms with Gasteiger partial charge in [-0.1, -0.05) is 19.8 Å². The van der Waals surface area contributed by atoms with Crippen molar-refractivity contribution in [1.29, 1.82) is 0 Å². The number of aliphatic carboxylic acids is 1. The molecule has 1 N–H and O–H groups in total. The molecule has 7 heteroatoms. The van der Waals surface area contributed by atoms with Gasteiger partial charge in [-0.05, 0) is 32.6 Å². The Morgan fingerprint density at radius 2 is 2.00 bits per heavy atom. The minimum Gasteiger partial charge on any atom is -0.481 e. The fourth-order valence-electron chi connectivity index (χ4n) is 2.45. The molecular weight excluding hydrogens is 296 g/mol. The number of carboxylic acids is 1. The number of unbranched alkanes of at least 4 members (excludes halogenated alkanes) is 1. The van der Waals surface area contributed by atoms with Gasteiger partial charge in [0.1, 0.15) is 0 Å². The van der Waals surface area contributed by atoms with Gasteiger partial charge < -0.3 is 9.84 Å². The van der Waals surface area contributed by atoms with E-state index in [1.165, 1.54) is 6.92 Å². The van der Waals surface area contributed by atoms with Gasteiger partial charge >= 0.3 is 5.97 Å². The van der Waals surface area contributed by atoms with Crippen LogP contribution in [0.15, 0.2) is 0 Å². The van der Waals surface area contributed by atoms with Crippen molar-refractivity contribution in [3.05, 3.63) is 0 Å². The topological polar surface area (TPSA) is 89.9 Å². The Hall–Kier alpha value is -0.660. The second-order valence-corrected chi connectivity index (χ2v) is 7.43. The van der Waals surface area contributed by atoms with Crippen LogP contribution in [0.3, 0.4) is 0 Å². The van der Waals surface area contributed by atoms with Crippen LogP contribution in [0, 0.1) is 5.92 Å². The van der Waals surface area contributed by atoms with Crippen LogP contribution in [-0.2, 0) is 23.8 Å². The van der Waals surface area contributed by atoms with Crippen molar-refractivity contribution in [3.8, 4) is 0 Å². The molecule has 1 unspecified atom stereocenters. The number of hydrogen-bond acceptors (Lipinski definition) is 5. The van der Waals surface area contributed by atoms with Crippen LogP contribution < -0.4 is 0 Å². The molecule has 6 nitrogen and oxygen atoms in total. The minimum atomic E-state index is -3.45. The molecule has 1 heterocycles. The minimum absolute atomic E-state index is 0.0272. The largest absolute Gasteiger partial charge is 0.481 e. The van der Waals surface area contributed by atoms with E-state index in [0.717, 1.165) is 19.3 Å². The number of carboxylic acid groups (broad SMARTS) is 1. The molecule has 0 radical (unpaired) electrons. The van der Waals surface area contributed by atoms with E-state index >= 15 is 0 Å². The molecule has 0 bridgehead atoms. The third kappa shape index (κ3) is 6.76. The van der Waals surface area contributed by atoms with Crippen molar-refractivity contribution >= 4 is 16.1 Å². The highest BCUT2D eigenvalue weighted by molar-refractivity contribution is 7.86. The summed E-state index contributed by atoms with van der Waals surface area (Å²) in [6.45, 7) is 3.59. The molecule has 1 aliphatic heterocycles. The molecule has 1 fully saturated rings. The third-order valence-corrected chi connectivity index (χ3v) is 4.99. The molecule has 21 heavy (non-hydrogen) atoms. The Bertz CT molecular complexity index is 419. The van der Waals surface area contributed by atoms with Crippen LogP contribution >= 0.6 is 0 Å². The summed E-state index contributed by atoms with van der Waals surface area (Å²) in [5, 5.41) is 9.21. The van der Waals surface area contributed by atoms with Crippen molar-refractivity contribution in [2.45, 2.75) is 64.6 Å². The predicted molar refractivity (Wildman–Crippen MR) is 78.6 cm³/mol. The number of carbonyl (C=O) groups is 1. The SMILES string of the molecule is CCCCC(C[C@H]1CC[C@@H](COS(=O)(=O)CC)O1)C(=O)O. The van der Waals surface area contributed by atoms with Crippen LogP contribution in [0.5, 0.6) is 0 Å². The maximum Gasteiger partial charge on any atom is 0.306 e. The summed E-state index contributed by atoms with van der Waals surface area (Å²) >= 11 is 0. The number of hydrogen-bond donors (Lipinski definition) is 1. The normalized spacial score (nSPS) is 24.1. The summed E-state index contributed by atoms with van der Waals surface area (Å²) in [6.07, 6.45) is 4.13. The van der Waals surface area contributed by atoms with Crippen LogP contribution in [0.4, 0.5) is 0 Å². The number of ether oxygens (including phenoxy) is 1. The van der Waals surface area contributed by atoms with Gasteiger partial charge in [0.15, 0.2) is 0 Å². The van der Waals surface area contributed by atoms with Crippen molar-refractivity contribution in [1.82, 2.24) is 0 Å². The summed E-state index contributed by atoms with van der Waals surface area (Å²) in [5.41, 5.74) is 0. The van der Waals surface area contributed by atoms with E-state index in [2.05, 4.69) is 0 Å². The average molecular weight is 322 g/mol. The molecule has 0 aromatic carbocycles. The highest BCUT2D eigenvalue weighted by Gasteiger charge is 2.30. The van der Waals surface area contributed by atoms with Gasteiger partial charge in [-0.2, -0.15) is 8.42 Å². The van der Waals surface area contributed by atoms with Crippen molar-refractivity contribution in [2.24, 2.45) is 5.92 Å². The summed E-state index contributed by atoms with van der Waals surface area (Å²) < 4.78 is 33.1. The fourth-order valence-corrected chi connectivity index (χ4v) is 2.97. The first kappa shape index (κ1) is 18.4. The van der Waals surface area contributed by atoms with Gasteiger partial charge in [0, 0.05) is 0 Å². The van der Waals surface area contributed by atoms with E-state index in [4.69, 9.17) is 8.92 Å². The summed E-state index contributed by atoms with van der Waals surface area (Å²) in [5.74, 6) is -1.21. The Labute approximate surface area is 126 Å². The Balaban J connectivity index is 2.37. The maximum absolute atomic E-state index is 11.3. The maximum atomic E-state index is 11.3. The van der Waals surface area contributed by atoms with Gasteiger partial charge in [-0.25, -0.2) is 0 Å². The van der Waals surface area contributed by atoms with Crippen molar-refractivity contribution in [2.75, 3.05) is 12.4 Å². The van der Waals surface area contributed by atoms with Gasteiger partial charge in [0.2, 0.25) is 0 Å².